The van der Waals surface area contributed by atoms with Crippen molar-refractivity contribution in [1.29, 1.82) is 0 Å². The van der Waals surface area contributed by atoms with Crippen LogP contribution in [0.3, 0.4) is 0 Å². The fraction of sp³-hybridized carbons (Fsp3) is 0.333. The van der Waals surface area contributed by atoms with Crippen LogP contribution in [-0.4, -0.2) is 16.8 Å². The average molecular weight is 222 g/mol. The van der Waals surface area contributed by atoms with E-state index in [1.54, 1.807) is 6.92 Å². The van der Waals surface area contributed by atoms with Crippen molar-refractivity contribution in [1.82, 2.24) is 0 Å². The maximum absolute atomic E-state index is 12.9. The number of halogens is 2. The molecule has 0 saturated heterocycles. The summed E-state index contributed by atoms with van der Waals surface area (Å²) in [4.78, 5) is 0. The molecule has 0 saturated carbocycles. The van der Waals surface area contributed by atoms with Gasteiger partial charge >= 0.3 is 0 Å². The third-order valence-corrected chi connectivity index (χ3v) is 1.89. The molecule has 0 unspecified atom stereocenters. The van der Waals surface area contributed by atoms with E-state index in [0.29, 0.717) is 5.56 Å². The molecule has 4 N–H and O–H groups in total. The van der Waals surface area contributed by atoms with E-state index < -0.39 is 11.9 Å². The zero-order chi connectivity index (χ0) is 10.0. The lowest BCUT2D eigenvalue weighted by Gasteiger charge is -2.12. The van der Waals surface area contributed by atoms with Crippen LogP contribution in [0.25, 0.3) is 0 Å². The molecule has 5 heteroatoms. The minimum Gasteiger partial charge on any atom is -0.507 e. The van der Waals surface area contributed by atoms with Crippen LogP contribution >= 0.6 is 12.4 Å². The number of rotatable bonds is 2. The number of hydrogen-bond acceptors (Lipinski definition) is 3. The fourth-order valence-electron chi connectivity index (χ4n) is 1.14. The van der Waals surface area contributed by atoms with Crippen LogP contribution in [0.15, 0.2) is 12.1 Å². The topological polar surface area (TPSA) is 66.5 Å². The van der Waals surface area contributed by atoms with Gasteiger partial charge in [-0.15, -0.1) is 12.4 Å². The van der Waals surface area contributed by atoms with E-state index in [-0.39, 0.29) is 30.3 Å². The van der Waals surface area contributed by atoms with E-state index in [1.165, 1.54) is 6.07 Å². The number of benzene rings is 1. The van der Waals surface area contributed by atoms with Gasteiger partial charge in [-0.1, -0.05) is 0 Å². The van der Waals surface area contributed by atoms with Crippen molar-refractivity contribution in [2.24, 2.45) is 5.73 Å². The van der Waals surface area contributed by atoms with Gasteiger partial charge in [-0.05, 0) is 24.6 Å². The van der Waals surface area contributed by atoms with Gasteiger partial charge in [-0.3, -0.25) is 0 Å². The Kier molecular flexibility index (Phi) is 4.83. The van der Waals surface area contributed by atoms with Gasteiger partial charge in [-0.2, -0.15) is 0 Å². The number of hydrogen-bond donors (Lipinski definition) is 3. The Hall–Kier alpha value is -0.840. The van der Waals surface area contributed by atoms with Crippen LogP contribution < -0.4 is 5.73 Å². The first-order chi connectivity index (χ1) is 6.06. The minimum atomic E-state index is -0.741. The molecule has 0 bridgehead atoms. The van der Waals surface area contributed by atoms with Crippen LogP contribution in [0.5, 0.6) is 5.75 Å². The number of phenolic OH excluding ortho intramolecular Hbond substituents is 1. The van der Waals surface area contributed by atoms with Crippen molar-refractivity contribution in [2.75, 3.05) is 6.61 Å². The molecule has 1 rings (SSSR count). The van der Waals surface area contributed by atoms with Crippen LogP contribution in [0.1, 0.15) is 17.2 Å². The molecule has 0 aliphatic rings. The predicted molar refractivity (Wildman–Crippen MR) is 54.1 cm³/mol. The maximum atomic E-state index is 12.9. The van der Waals surface area contributed by atoms with E-state index in [0.717, 1.165) is 6.07 Å². The first kappa shape index (κ1) is 13.2. The molecular weight excluding hydrogens is 209 g/mol. The van der Waals surface area contributed by atoms with Gasteiger partial charge in [0, 0.05) is 5.56 Å². The summed E-state index contributed by atoms with van der Waals surface area (Å²) < 4.78 is 12.9. The van der Waals surface area contributed by atoms with Gasteiger partial charge in [0.1, 0.15) is 11.6 Å². The zero-order valence-electron chi connectivity index (χ0n) is 7.70. The first-order valence-corrected chi connectivity index (χ1v) is 3.91. The summed E-state index contributed by atoms with van der Waals surface area (Å²) in [7, 11) is 0. The van der Waals surface area contributed by atoms with Crippen molar-refractivity contribution >= 4 is 12.4 Å². The van der Waals surface area contributed by atoms with Gasteiger partial charge in [0.05, 0.1) is 12.6 Å². The molecule has 80 valence electrons. The van der Waals surface area contributed by atoms with Crippen molar-refractivity contribution in [3.8, 4) is 5.75 Å². The Balaban J connectivity index is 0.00000169. The molecule has 1 aromatic rings. The summed E-state index contributed by atoms with van der Waals surface area (Å²) in [5.74, 6) is -0.517. The second-order valence-corrected chi connectivity index (χ2v) is 2.95. The average Bonchev–Trinajstić information content (AvgIpc) is 2.10. The molecule has 14 heavy (non-hydrogen) atoms. The van der Waals surface area contributed by atoms with Gasteiger partial charge in [0.15, 0.2) is 0 Å². The molecule has 0 aromatic heterocycles. The lowest BCUT2D eigenvalue weighted by atomic mass is 10.0. The van der Waals surface area contributed by atoms with E-state index >= 15 is 0 Å². The number of aryl methyl sites for hydroxylation is 1. The van der Waals surface area contributed by atoms with E-state index in [9.17, 15) is 9.50 Å². The van der Waals surface area contributed by atoms with Gasteiger partial charge in [0.25, 0.3) is 0 Å². The first-order valence-electron chi connectivity index (χ1n) is 3.91. The second-order valence-electron chi connectivity index (χ2n) is 2.95. The molecule has 0 fully saturated rings. The summed E-state index contributed by atoms with van der Waals surface area (Å²) >= 11 is 0. The lowest BCUT2D eigenvalue weighted by Crippen LogP contribution is -2.15. The summed E-state index contributed by atoms with van der Waals surface area (Å²) in [5.41, 5.74) is 6.11. The fourth-order valence-corrected chi connectivity index (χ4v) is 1.14. The molecule has 3 nitrogen and oxygen atoms in total. The van der Waals surface area contributed by atoms with Crippen molar-refractivity contribution in [3.63, 3.8) is 0 Å². The number of aliphatic hydroxyl groups excluding tert-OH is 1. The second kappa shape index (κ2) is 5.14. The Morgan fingerprint density at radius 2 is 2.07 bits per heavy atom. The maximum Gasteiger partial charge on any atom is 0.124 e. The Labute approximate surface area is 87.8 Å². The summed E-state index contributed by atoms with van der Waals surface area (Å²) in [6, 6.07) is 1.60. The highest BCUT2D eigenvalue weighted by Crippen LogP contribution is 2.27. The monoisotopic (exact) mass is 221 g/mol. The number of aromatic hydroxyl groups is 1. The highest BCUT2D eigenvalue weighted by atomic mass is 35.5. The normalized spacial score (nSPS) is 12.0. The summed E-state index contributed by atoms with van der Waals surface area (Å²) in [6.07, 6.45) is 0. The van der Waals surface area contributed by atoms with Gasteiger partial charge in [0.2, 0.25) is 0 Å². The number of phenols is 1. The van der Waals surface area contributed by atoms with E-state index in [4.69, 9.17) is 10.8 Å². The van der Waals surface area contributed by atoms with Crippen molar-refractivity contribution < 1.29 is 14.6 Å². The third-order valence-electron chi connectivity index (χ3n) is 1.89. The molecule has 0 spiro atoms. The minimum absolute atomic E-state index is 0. The summed E-state index contributed by atoms with van der Waals surface area (Å²) in [6.45, 7) is 1.25. The van der Waals surface area contributed by atoms with Crippen LogP contribution in [-0.2, 0) is 0 Å². The van der Waals surface area contributed by atoms with Crippen molar-refractivity contribution in [3.05, 3.63) is 29.1 Å². The Morgan fingerprint density at radius 3 is 2.57 bits per heavy atom. The highest BCUT2D eigenvalue weighted by molar-refractivity contribution is 5.85. The predicted octanol–water partition coefficient (Wildman–Crippen LogP) is 1.25. The standard InChI is InChI=1S/C9H12FNO2.ClH/c1-5-2-6(10)3-7(9(5)13)8(11)4-12;/h2-3,8,12-13H,4,11H2,1H3;1H/t8-;/m0./s1. The van der Waals surface area contributed by atoms with E-state index in [2.05, 4.69) is 0 Å². The van der Waals surface area contributed by atoms with Crippen LogP contribution in [0, 0.1) is 12.7 Å². The summed E-state index contributed by atoms with van der Waals surface area (Å²) in [5, 5.41) is 18.2. The molecule has 1 aromatic carbocycles. The van der Waals surface area contributed by atoms with Crippen LogP contribution in [0.2, 0.25) is 0 Å². The molecule has 0 aliphatic heterocycles. The SMILES string of the molecule is Cc1cc(F)cc([C@@H](N)CO)c1O.Cl. The molecule has 0 heterocycles. The molecule has 0 radical (unpaired) electrons. The molecule has 0 amide bonds. The zero-order valence-corrected chi connectivity index (χ0v) is 8.51. The largest absolute Gasteiger partial charge is 0.507 e. The van der Waals surface area contributed by atoms with Crippen molar-refractivity contribution in [2.45, 2.75) is 13.0 Å². The Morgan fingerprint density at radius 1 is 1.50 bits per heavy atom. The number of aliphatic hydroxyl groups is 1. The van der Waals surface area contributed by atoms with E-state index in [1.807, 2.05) is 0 Å². The van der Waals surface area contributed by atoms with Gasteiger partial charge < -0.3 is 15.9 Å². The highest BCUT2D eigenvalue weighted by Gasteiger charge is 2.13. The number of nitrogens with two attached hydrogens (primary N) is 1. The molecule has 0 aliphatic carbocycles. The smallest absolute Gasteiger partial charge is 0.124 e. The van der Waals surface area contributed by atoms with Gasteiger partial charge in [-0.25, -0.2) is 4.39 Å². The molecule has 1 atom stereocenters. The lowest BCUT2D eigenvalue weighted by molar-refractivity contribution is 0.265. The van der Waals surface area contributed by atoms with Crippen LogP contribution in [0.4, 0.5) is 4.39 Å². The molecular formula is C9H13ClFNO2. The quantitative estimate of drug-likeness (QED) is 0.704. The Bertz CT molecular complexity index is 320. The third kappa shape index (κ3) is 2.57.